The van der Waals surface area contributed by atoms with Crippen molar-refractivity contribution in [3.8, 4) is 0 Å². The quantitative estimate of drug-likeness (QED) is 0.839. The number of halogens is 1. The molecule has 0 saturated heterocycles. The molecule has 4 heteroatoms. The minimum atomic E-state index is -0.216. The number of benzene rings is 1. The number of hydrogen-bond donors (Lipinski definition) is 1. The molecule has 1 aliphatic rings. The van der Waals surface area contributed by atoms with Gasteiger partial charge in [0.1, 0.15) is 5.82 Å². The van der Waals surface area contributed by atoms with Gasteiger partial charge >= 0.3 is 0 Å². The van der Waals surface area contributed by atoms with E-state index in [9.17, 15) is 4.39 Å². The molecule has 2 atom stereocenters. The average molecular weight is 247 g/mol. The molecule has 0 radical (unpaired) electrons. The van der Waals surface area contributed by atoms with Crippen LogP contribution in [0, 0.1) is 18.7 Å². The zero-order valence-electron chi connectivity index (χ0n) is 10.8. The topological polar surface area (TPSA) is 43.8 Å². The van der Waals surface area contributed by atoms with Gasteiger partial charge in [-0.25, -0.2) is 9.37 Å². The summed E-state index contributed by atoms with van der Waals surface area (Å²) in [6.45, 7) is 4.03. The van der Waals surface area contributed by atoms with Gasteiger partial charge in [0.05, 0.1) is 11.0 Å². The minimum absolute atomic E-state index is 0.216. The summed E-state index contributed by atoms with van der Waals surface area (Å²) in [5.74, 6) is 0.899. The van der Waals surface area contributed by atoms with Crippen LogP contribution in [0.25, 0.3) is 11.0 Å². The summed E-state index contributed by atoms with van der Waals surface area (Å²) in [6.07, 6.45) is 3.59. The van der Waals surface area contributed by atoms with Gasteiger partial charge in [-0.2, -0.15) is 0 Å². The number of imidazole rings is 1. The number of aryl methyl sites for hydroxylation is 1. The lowest BCUT2D eigenvalue weighted by atomic mass is 10.1. The molecule has 1 heterocycles. The summed E-state index contributed by atoms with van der Waals surface area (Å²) < 4.78 is 15.7. The molecular weight excluding hydrogens is 229 g/mol. The van der Waals surface area contributed by atoms with Gasteiger partial charge in [-0.3, -0.25) is 0 Å². The largest absolute Gasteiger partial charge is 0.369 e. The number of nitrogen functional groups attached to an aromatic ring is 1. The lowest BCUT2D eigenvalue weighted by Gasteiger charge is -2.19. The van der Waals surface area contributed by atoms with E-state index in [1.165, 1.54) is 18.9 Å². The van der Waals surface area contributed by atoms with Gasteiger partial charge in [-0.15, -0.1) is 0 Å². The lowest BCUT2D eigenvalue weighted by molar-refractivity contribution is 0.421. The first kappa shape index (κ1) is 11.5. The smallest absolute Gasteiger partial charge is 0.201 e. The molecule has 1 aromatic carbocycles. The van der Waals surface area contributed by atoms with Crippen LogP contribution in [0.4, 0.5) is 10.3 Å². The van der Waals surface area contributed by atoms with Gasteiger partial charge in [-0.1, -0.05) is 13.3 Å². The molecule has 2 unspecified atom stereocenters. The van der Waals surface area contributed by atoms with E-state index in [0.29, 0.717) is 29.0 Å². The van der Waals surface area contributed by atoms with Gasteiger partial charge in [-0.05, 0) is 37.3 Å². The van der Waals surface area contributed by atoms with Crippen molar-refractivity contribution in [3.05, 3.63) is 23.5 Å². The molecule has 3 rings (SSSR count). The Hall–Kier alpha value is -1.58. The summed E-state index contributed by atoms with van der Waals surface area (Å²) in [7, 11) is 0. The fraction of sp³-hybridized carbons (Fsp3) is 0.500. The molecule has 0 amide bonds. The first-order valence-corrected chi connectivity index (χ1v) is 6.51. The third kappa shape index (κ3) is 1.59. The molecule has 0 bridgehead atoms. The molecule has 2 aromatic rings. The Kier molecular flexibility index (Phi) is 2.54. The van der Waals surface area contributed by atoms with Crippen molar-refractivity contribution in [2.45, 2.75) is 39.2 Å². The van der Waals surface area contributed by atoms with Crippen LogP contribution in [-0.2, 0) is 0 Å². The number of anilines is 1. The summed E-state index contributed by atoms with van der Waals surface area (Å²) in [5, 5.41) is 0. The molecule has 0 aliphatic heterocycles. The maximum atomic E-state index is 13.6. The molecule has 3 nitrogen and oxygen atoms in total. The maximum Gasteiger partial charge on any atom is 0.201 e. The average Bonchev–Trinajstić information content (AvgIpc) is 2.83. The van der Waals surface area contributed by atoms with Crippen LogP contribution >= 0.6 is 0 Å². The minimum Gasteiger partial charge on any atom is -0.369 e. The van der Waals surface area contributed by atoms with Gasteiger partial charge in [0.25, 0.3) is 0 Å². The zero-order valence-corrected chi connectivity index (χ0v) is 10.8. The first-order valence-electron chi connectivity index (χ1n) is 6.51. The number of nitrogens with zero attached hydrogens (tertiary/aromatic N) is 2. The Morgan fingerprint density at radius 1 is 1.39 bits per heavy atom. The number of rotatable bonds is 1. The van der Waals surface area contributed by atoms with Gasteiger partial charge in [0.2, 0.25) is 5.95 Å². The molecule has 1 aromatic heterocycles. The number of aromatic nitrogens is 2. The fourth-order valence-electron chi connectivity index (χ4n) is 3.10. The number of nitrogens with two attached hydrogens (primary N) is 1. The summed E-state index contributed by atoms with van der Waals surface area (Å²) >= 11 is 0. The number of fused-ring (bicyclic) bond motifs is 1. The summed E-state index contributed by atoms with van der Waals surface area (Å²) in [4.78, 5) is 4.29. The highest BCUT2D eigenvalue weighted by Crippen LogP contribution is 2.39. The predicted octanol–water partition coefficient (Wildman–Crippen LogP) is 3.43. The Morgan fingerprint density at radius 3 is 2.83 bits per heavy atom. The maximum absolute atomic E-state index is 13.6. The van der Waals surface area contributed by atoms with E-state index in [1.807, 2.05) is 6.07 Å². The monoisotopic (exact) mass is 247 g/mol. The van der Waals surface area contributed by atoms with E-state index in [0.717, 1.165) is 11.9 Å². The van der Waals surface area contributed by atoms with Crippen LogP contribution in [0.3, 0.4) is 0 Å². The number of hydrogen-bond acceptors (Lipinski definition) is 2. The summed E-state index contributed by atoms with van der Waals surface area (Å²) in [5.41, 5.74) is 8.30. The highest BCUT2D eigenvalue weighted by Gasteiger charge is 2.28. The second-order valence-corrected chi connectivity index (χ2v) is 5.41. The molecule has 1 fully saturated rings. The van der Waals surface area contributed by atoms with Crippen molar-refractivity contribution < 1.29 is 4.39 Å². The van der Waals surface area contributed by atoms with E-state index < -0.39 is 0 Å². The van der Waals surface area contributed by atoms with Crippen molar-refractivity contribution in [1.82, 2.24) is 9.55 Å². The Morgan fingerprint density at radius 2 is 2.17 bits per heavy atom. The van der Waals surface area contributed by atoms with Crippen molar-refractivity contribution in [1.29, 1.82) is 0 Å². The Balaban J connectivity index is 2.22. The Labute approximate surface area is 106 Å². The van der Waals surface area contributed by atoms with E-state index in [1.54, 1.807) is 6.92 Å². The van der Waals surface area contributed by atoms with Crippen molar-refractivity contribution >= 4 is 17.0 Å². The van der Waals surface area contributed by atoms with Crippen molar-refractivity contribution in [3.63, 3.8) is 0 Å². The van der Waals surface area contributed by atoms with Crippen LogP contribution in [0.15, 0.2) is 12.1 Å². The van der Waals surface area contributed by atoms with Crippen LogP contribution in [0.2, 0.25) is 0 Å². The predicted molar refractivity (Wildman–Crippen MR) is 70.9 cm³/mol. The second kappa shape index (κ2) is 3.97. The van der Waals surface area contributed by atoms with Crippen molar-refractivity contribution in [2.75, 3.05) is 5.73 Å². The third-order valence-corrected chi connectivity index (χ3v) is 4.15. The van der Waals surface area contributed by atoms with E-state index >= 15 is 0 Å². The second-order valence-electron chi connectivity index (χ2n) is 5.41. The highest BCUT2D eigenvalue weighted by atomic mass is 19.1. The van der Waals surface area contributed by atoms with Crippen LogP contribution < -0.4 is 5.73 Å². The van der Waals surface area contributed by atoms with Crippen LogP contribution in [-0.4, -0.2) is 9.55 Å². The van der Waals surface area contributed by atoms with Crippen molar-refractivity contribution in [2.24, 2.45) is 5.92 Å². The van der Waals surface area contributed by atoms with Gasteiger partial charge < -0.3 is 10.3 Å². The van der Waals surface area contributed by atoms with E-state index in [-0.39, 0.29) is 5.82 Å². The van der Waals surface area contributed by atoms with Crippen LogP contribution in [0.5, 0.6) is 0 Å². The molecule has 18 heavy (non-hydrogen) atoms. The first-order chi connectivity index (χ1) is 8.58. The molecular formula is C14H18FN3. The van der Waals surface area contributed by atoms with Gasteiger partial charge in [0, 0.05) is 12.1 Å². The Bertz CT molecular complexity index is 603. The molecule has 0 spiro atoms. The standard InChI is InChI=1S/C14H18FN3/c1-8-4-3-5-12(8)18-13-6-9(2)10(15)7-11(13)17-14(18)16/h6-8,12H,3-5H2,1-2H3,(H2,16,17). The molecule has 2 N–H and O–H groups in total. The molecule has 96 valence electrons. The highest BCUT2D eigenvalue weighted by molar-refractivity contribution is 5.79. The lowest BCUT2D eigenvalue weighted by Crippen LogP contribution is -2.14. The molecule has 1 aliphatic carbocycles. The van der Waals surface area contributed by atoms with Gasteiger partial charge in [0.15, 0.2) is 0 Å². The fourth-order valence-corrected chi connectivity index (χ4v) is 3.10. The zero-order chi connectivity index (χ0) is 12.9. The van der Waals surface area contributed by atoms with E-state index in [4.69, 9.17) is 5.73 Å². The SMILES string of the molecule is Cc1cc2c(cc1F)nc(N)n2C1CCCC1C. The molecule has 1 saturated carbocycles. The normalized spacial score (nSPS) is 23.9. The third-order valence-electron chi connectivity index (χ3n) is 4.15. The summed E-state index contributed by atoms with van der Waals surface area (Å²) in [6, 6.07) is 3.75. The van der Waals surface area contributed by atoms with E-state index in [2.05, 4.69) is 16.5 Å². The van der Waals surface area contributed by atoms with Crippen LogP contribution in [0.1, 0.15) is 37.8 Å².